The molecule has 0 unspecified atom stereocenters. The second kappa shape index (κ2) is 4.60. The van der Waals surface area contributed by atoms with Crippen molar-refractivity contribution < 1.29 is 0 Å². The highest BCUT2D eigenvalue weighted by molar-refractivity contribution is 5.59. The molecule has 0 saturated heterocycles. The third kappa shape index (κ3) is 3.23. The number of hydrogen-bond acceptors (Lipinski definition) is 2. The van der Waals surface area contributed by atoms with Crippen LogP contribution < -0.4 is 0 Å². The van der Waals surface area contributed by atoms with Crippen LogP contribution in [-0.2, 0) is 6.42 Å². The molecule has 0 aliphatic rings. The highest BCUT2D eigenvalue weighted by Gasteiger charge is 1.92. The van der Waals surface area contributed by atoms with E-state index < -0.39 is 0 Å². The van der Waals surface area contributed by atoms with Gasteiger partial charge in [-0.2, -0.15) is 0 Å². The van der Waals surface area contributed by atoms with Crippen molar-refractivity contribution in [1.82, 2.24) is 9.88 Å². The maximum absolute atomic E-state index is 4.20. The zero-order valence-corrected chi connectivity index (χ0v) is 8.36. The van der Waals surface area contributed by atoms with Crippen LogP contribution in [0.2, 0.25) is 0 Å². The molecule has 0 saturated carbocycles. The Labute approximate surface area is 79.1 Å². The Balaban J connectivity index is 2.77. The lowest BCUT2D eigenvalue weighted by atomic mass is 10.2. The van der Waals surface area contributed by atoms with Gasteiger partial charge in [0.15, 0.2) is 5.82 Å². The van der Waals surface area contributed by atoms with E-state index in [2.05, 4.69) is 16.9 Å². The summed E-state index contributed by atoms with van der Waals surface area (Å²) >= 11 is 0. The van der Waals surface area contributed by atoms with E-state index in [1.165, 1.54) is 5.56 Å². The summed E-state index contributed by atoms with van der Waals surface area (Å²) in [6.07, 6.45) is 4.57. The zero-order valence-electron chi connectivity index (χ0n) is 8.36. The summed E-state index contributed by atoms with van der Waals surface area (Å²) in [7, 11) is 3.88. The first-order chi connectivity index (χ1) is 6.22. The fraction of sp³-hybridized carbons (Fsp3) is 0.400. The van der Waals surface area contributed by atoms with Gasteiger partial charge in [0.25, 0.3) is 0 Å². The maximum atomic E-state index is 4.20. The van der Waals surface area contributed by atoms with Gasteiger partial charge in [0.2, 0.25) is 0 Å². The van der Waals surface area contributed by atoms with Gasteiger partial charge in [-0.15, -0.1) is 0 Å². The third-order valence-corrected chi connectivity index (χ3v) is 1.64. The monoisotopic (exact) mass is 177 g/mol. The van der Waals surface area contributed by atoms with Gasteiger partial charge in [-0.1, -0.05) is 6.92 Å². The van der Waals surface area contributed by atoms with Gasteiger partial charge < -0.3 is 4.90 Å². The molecule has 3 heteroatoms. The molecule has 0 N–H and O–H groups in total. The van der Waals surface area contributed by atoms with Crippen LogP contribution in [0.15, 0.2) is 23.3 Å². The molecule has 0 spiro atoms. The standard InChI is InChI=1S/C10H15N3/c1-4-9-5-6-11-10(7-9)12-8-13(2)3/h5-8H,4H2,1-3H3/b12-8-. The van der Waals surface area contributed by atoms with E-state index in [9.17, 15) is 0 Å². The first-order valence-corrected chi connectivity index (χ1v) is 4.38. The molecular weight excluding hydrogens is 162 g/mol. The van der Waals surface area contributed by atoms with E-state index in [1.54, 1.807) is 12.5 Å². The summed E-state index contributed by atoms with van der Waals surface area (Å²) in [5.41, 5.74) is 1.26. The van der Waals surface area contributed by atoms with Gasteiger partial charge in [-0.05, 0) is 24.1 Å². The van der Waals surface area contributed by atoms with Crippen LogP contribution in [0.25, 0.3) is 0 Å². The van der Waals surface area contributed by atoms with Crippen molar-refractivity contribution in [3.8, 4) is 0 Å². The molecule has 3 nitrogen and oxygen atoms in total. The largest absolute Gasteiger partial charge is 0.369 e. The molecular formula is C10H15N3. The van der Waals surface area contributed by atoms with Crippen molar-refractivity contribution in [3.05, 3.63) is 23.9 Å². The van der Waals surface area contributed by atoms with Gasteiger partial charge in [0.1, 0.15) is 0 Å². The Hall–Kier alpha value is -1.38. The Morgan fingerprint density at radius 2 is 2.31 bits per heavy atom. The molecule has 0 aliphatic carbocycles. The van der Waals surface area contributed by atoms with Crippen molar-refractivity contribution >= 4 is 12.2 Å². The fourth-order valence-electron chi connectivity index (χ4n) is 0.926. The number of hydrogen-bond donors (Lipinski definition) is 0. The van der Waals surface area contributed by atoms with Crippen LogP contribution in [0.4, 0.5) is 5.82 Å². The molecule has 0 fully saturated rings. The van der Waals surface area contributed by atoms with Crippen LogP contribution >= 0.6 is 0 Å². The smallest absolute Gasteiger partial charge is 0.153 e. The lowest BCUT2D eigenvalue weighted by molar-refractivity contribution is 0.643. The Kier molecular flexibility index (Phi) is 3.43. The highest BCUT2D eigenvalue weighted by atomic mass is 15.1. The summed E-state index contributed by atoms with van der Waals surface area (Å²) in [4.78, 5) is 10.2. The molecule has 0 aliphatic heterocycles. The minimum absolute atomic E-state index is 0.771. The highest BCUT2D eigenvalue weighted by Crippen LogP contribution is 2.09. The average molecular weight is 177 g/mol. The van der Waals surface area contributed by atoms with E-state index in [-0.39, 0.29) is 0 Å². The summed E-state index contributed by atoms with van der Waals surface area (Å²) < 4.78 is 0. The Morgan fingerprint density at radius 3 is 2.92 bits per heavy atom. The van der Waals surface area contributed by atoms with Gasteiger partial charge in [0.05, 0.1) is 6.34 Å². The minimum atomic E-state index is 0.771. The molecule has 70 valence electrons. The Bertz CT molecular complexity index is 292. The topological polar surface area (TPSA) is 28.5 Å². The second-order valence-electron chi connectivity index (χ2n) is 3.08. The van der Waals surface area contributed by atoms with Crippen molar-refractivity contribution in [2.24, 2.45) is 4.99 Å². The van der Waals surface area contributed by atoms with Crippen LogP contribution in [-0.4, -0.2) is 30.3 Å². The summed E-state index contributed by atoms with van der Waals surface area (Å²) in [5, 5.41) is 0. The van der Waals surface area contributed by atoms with E-state index in [4.69, 9.17) is 0 Å². The number of aliphatic imine (C=N–C) groups is 1. The quantitative estimate of drug-likeness (QED) is 0.521. The fourth-order valence-corrected chi connectivity index (χ4v) is 0.926. The molecule has 0 atom stereocenters. The second-order valence-corrected chi connectivity index (χ2v) is 3.08. The maximum Gasteiger partial charge on any atom is 0.153 e. The minimum Gasteiger partial charge on any atom is -0.369 e. The molecule has 13 heavy (non-hydrogen) atoms. The van der Waals surface area contributed by atoms with Gasteiger partial charge in [0, 0.05) is 20.3 Å². The van der Waals surface area contributed by atoms with Crippen molar-refractivity contribution in [1.29, 1.82) is 0 Å². The average Bonchev–Trinajstić information content (AvgIpc) is 2.15. The zero-order chi connectivity index (χ0) is 9.68. The summed E-state index contributed by atoms with van der Waals surface area (Å²) in [5.74, 6) is 0.771. The van der Waals surface area contributed by atoms with E-state index >= 15 is 0 Å². The number of pyridine rings is 1. The lowest BCUT2D eigenvalue weighted by Gasteiger charge is -2.02. The molecule has 1 aromatic heterocycles. The van der Waals surface area contributed by atoms with Crippen LogP contribution in [0, 0.1) is 0 Å². The molecule has 1 aromatic rings. The van der Waals surface area contributed by atoms with E-state index in [0.29, 0.717) is 0 Å². The van der Waals surface area contributed by atoms with E-state index in [0.717, 1.165) is 12.2 Å². The molecule has 0 bridgehead atoms. The normalized spacial score (nSPS) is 10.7. The Morgan fingerprint density at radius 1 is 1.54 bits per heavy atom. The number of rotatable bonds is 3. The molecule has 1 rings (SSSR count). The predicted molar refractivity (Wildman–Crippen MR) is 55.5 cm³/mol. The summed E-state index contributed by atoms with van der Waals surface area (Å²) in [6, 6.07) is 4.01. The third-order valence-electron chi connectivity index (χ3n) is 1.64. The SMILES string of the molecule is CCc1ccnc(/N=C\N(C)C)c1. The van der Waals surface area contributed by atoms with Gasteiger partial charge >= 0.3 is 0 Å². The summed E-state index contributed by atoms with van der Waals surface area (Å²) in [6.45, 7) is 2.12. The number of nitrogens with zero attached hydrogens (tertiary/aromatic N) is 3. The molecule has 0 radical (unpaired) electrons. The molecule has 0 amide bonds. The van der Waals surface area contributed by atoms with Gasteiger partial charge in [-0.3, -0.25) is 0 Å². The number of aromatic nitrogens is 1. The lowest BCUT2D eigenvalue weighted by Crippen LogP contribution is -2.07. The van der Waals surface area contributed by atoms with E-state index in [1.807, 2.05) is 31.1 Å². The van der Waals surface area contributed by atoms with Crippen molar-refractivity contribution in [2.45, 2.75) is 13.3 Å². The van der Waals surface area contributed by atoms with Crippen LogP contribution in [0.1, 0.15) is 12.5 Å². The first-order valence-electron chi connectivity index (χ1n) is 4.38. The van der Waals surface area contributed by atoms with Crippen molar-refractivity contribution in [3.63, 3.8) is 0 Å². The first kappa shape index (κ1) is 9.71. The number of aryl methyl sites for hydroxylation is 1. The van der Waals surface area contributed by atoms with Crippen LogP contribution in [0.3, 0.4) is 0 Å². The predicted octanol–water partition coefficient (Wildman–Crippen LogP) is 1.87. The molecule has 1 heterocycles. The van der Waals surface area contributed by atoms with Crippen molar-refractivity contribution in [2.75, 3.05) is 14.1 Å². The molecule has 0 aromatic carbocycles. The van der Waals surface area contributed by atoms with Gasteiger partial charge in [-0.25, -0.2) is 9.98 Å². The van der Waals surface area contributed by atoms with Crippen LogP contribution in [0.5, 0.6) is 0 Å².